The lowest BCUT2D eigenvalue weighted by Crippen LogP contribution is -2.44. The number of esters is 2. The van der Waals surface area contributed by atoms with E-state index in [0.29, 0.717) is 11.8 Å². The molecular weight excluding hydrogens is 228 g/mol. The SMILES string of the molecule is O=C1OC(=O)[C@H]2[C@@H]1[C@H]1CC[C@H]2C2=C1[C@H]1CC[C@H]2C1. The Kier molecular flexibility index (Phi) is 1.57. The minimum atomic E-state index is -0.228. The van der Waals surface area contributed by atoms with Crippen molar-refractivity contribution in [1.82, 2.24) is 0 Å². The van der Waals surface area contributed by atoms with Gasteiger partial charge in [0.05, 0.1) is 11.8 Å². The standard InChI is InChI=1S/C15H16O3/c16-14-12-8-3-4-9(13(12)15(17)18-14)11-7-2-1-6(5-7)10(8)11/h6-9,12-13H,1-5H2/t6-,7-,8-,9-,12-,13+/m0/s1. The van der Waals surface area contributed by atoms with Gasteiger partial charge in [0.25, 0.3) is 0 Å². The van der Waals surface area contributed by atoms with Crippen LogP contribution in [0.3, 0.4) is 0 Å². The molecule has 1 saturated heterocycles. The first-order valence-electron chi connectivity index (χ1n) is 7.25. The molecule has 1 heterocycles. The number of carbonyl (C=O) groups excluding carboxylic acids is 2. The van der Waals surface area contributed by atoms with E-state index in [0.717, 1.165) is 24.7 Å². The molecule has 3 nitrogen and oxygen atoms in total. The molecule has 0 aromatic carbocycles. The van der Waals surface area contributed by atoms with E-state index in [9.17, 15) is 9.59 Å². The highest BCUT2D eigenvalue weighted by atomic mass is 16.6. The summed E-state index contributed by atoms with van der Waals surface area (Å²) in [5.41, 5.74) is 3.21. The Morgan fingerprint density at radius 1 is 0.778 bits per heavy atom. The third-order valence-electron chi connectivity index (χ3n) is 6.23. The average molecular weight is 244 g/mol. The molecule has 3 fully saturated rings. The Hall–Kier alpha value is -1.12. The molecule has 6 atom stereocenters. The number of fused-ring (bicyclic) bond motifs is 3. The van der Waals surface area contributed by atoms with Gasteiger partial charge < -0.3 is 4.74 Å². The Morgan fingerprint density at radius 2 is 1.28 bits per heavy atom. The first kappa shape index (κ1) is 9.76. The molecule has 0 spiro atoms. The van der Waals surface area contributed by atoms with Crippen molar-refractivity contribution < 1.29 is 14.3 Å². The highest BCUT2D eigenvalue weighted by Gasteiger charge is 2.63. The van der Waals surface area contributed by atoms with Crippen molar-refractivity contribution in [2.24, 2.45) is 35.5 Å². The van der Waals surface area contributed by atoms with Gasteiger partial charge >= 0.3 is 11.9 Å². The van der Waals surface area contributed by atoms with Gasteiger partial charge in [-0.15, -0.1) is 0 Å². The second-order valence-electron chi connectivity index (χ2n) is 6.70. The van der Waals surface area contributed by atoms with Crippen molar-refractivity contribution in [3.05, 3.63) is 11.1 Å². The van der Waals surface area contributed by atoms with Crippen molar-refractivity contribution in [1.29, 1.82) is 0 Å². The van der Waals surface area contributed by atoms with Gasteiger partial charge in [0.15, 0.2) is 0 Å². The van der Waals surface area contributed by atoms with E-state index in [4.69, 9.17) is 4.74 Å². The van der Waals surface area contributed by atoms with Crippen LogP contribution in [0.15, 0.2) is 11.1 Å². The second kappa shape index (κ2) is 2.89. The van der Waals surface area contributed by atoms with E-state index in [2.05, 4.69) is 0 Å². The fourth-order valence-electron chi connectivity index (χ4n) is 5.83. The summed E-state index contributed by atoms with van der Waals surface area (Å²) in [7, 11) is 0. The molecule has 94 valence electrons. The Labute approximate surface area is 106 Å². The lowest BCUT2D eigenvalue weighted by Gasteiger charge is -2.47. The Bertz CT molecular complexity index is 474. The van der Waals surface area contributed by atoms with Gasteiger partial charge in [-0.25, -0.2) is 0 Å². The summed E-state index contributed by atoms with van der Waals surface area (Å²) in [6, 6.07) is 0. The van der Waals surface area contributed by atoms with E-state index < -0.39 is 0 Å². The Balaban J connectivity index is 1.71. The van der Waals surface area contributed by atoms with Crippen LogP contribution in [0.5, 0.6) is 0 Å². The van der Waals surface area contributed by atoms with Crippen molar-refractivity contribution >= 4 is 11.9 Å². The zero-order valence-electron chi connectivity index (χ0n) is 10.2. The van der Waals surface area contributed by atoms with Crippen LogP contribution in [0.2, 0.25) is 0 Å². The van der Waals surface area contributed by atoms with Gasteiger partial charge in [0.1, 0.15) is 0 Å². The van der Waals surface area contributed by atoms with E-state index >= 15 is 0 Å². The first-order chi connectivity index (χ1) is 8.75. The van der Waals surface area contributed by atoms with Crippen molar-refractivity contribution in [3.63, 3.8) is 0 Å². The number of carbonyl (C=O) groups is 2. The van der Waals surface area contributed by atoms with Crippen LogP contribution in [-0.2, 0) is 14.3 Å². The molecular formula is C15H16O3. The summed E-state index contributed by atoms with van der Waals surface area (Å²) >= 11 is 0. The predicted octanol–water partition coefficient (Wildman–Crippen LogP) is 2.07. The number of hydrogen-bond acceptors (Lipinski definition) is 3. The molecule has 0 unspecified atom stereocenters. The number of ether oxygens (including phenoxy) is 1. The fourth-order valence-corrected chi connectivity index (χ4v) is 5.83. The Morgan fingerprint density at radius 3 is 1.78 bits per heavy atom. The lowest BCUT2D eigenvalue weighted by molar-refractivity contribution is -0.154. The van der Waals surface area contributed by atoms with Crippen LogP contribution in [0.1, 0.15) is 32.1 Å². The van der Waals surface area contributed by atoms with Gasteiger partial charge in [-0.05, 0) is 55.8 Å². The van der Waals surface area contributed by atoms with Crippen molar-refractivity contribution in [3.8, 4) is 0 Å². The molecule has 0 amide bonds. The van der Waals surface area contributed by atoms with Crippen LogP contribution < -0.4 is 0 Å². The molecule has 2 saturated carbocycles. The number of hydrogen-bond donors (Lipinski definition) is 0. The number of allylic oxidation sites excluding steroid dienone is 2. The average Bonchev–Trinajstić information content (AvgIpc) is 3.06. The minimum absolute atomic E-state index is 0.116. The normalized spacial score (nSPS) is 51.8. The van der Waals surface area contributed by atoms with Crippen LogP contribution in [0.4, 0.5) is 0 Å². The molecule has 18 heavy (non-hydrogen) atoms. The molecule has 3 heteroatoms. The zero-order valence-corrected chi connectivity index (χ0v) is 10.2. The van der Waals surface area contributed by atoms with Crippen molar-refractivity contribution in [2.45, 2.75) is 32.1 Å². The maximum atomic E-state index is 11.9. The molecule has 4 bridgehead atoms. The third kappa shape index (κ3) is 0.886. The van der Waals surface area contributed by atoms with E-state index in [1.165, 1.54) is 19.3 Å². The maximum Gasteiger partial charge on any atom is 0.318 e. The highest BCUT2D eigenvalue weighted by Crippen LogP contribution is 2.65. The van der Waals surface area contributed by atoms with Crippen LogP contribution in [0, 0.1) is 35.5 Å². The molecule has 0 radical (unpaired) electrons. The van der Waals surface area contributed by atoms with Gasteiger partial charge in [-0.3, -0.25) is 9.59 Å². The first-order valence-corrected chi connectivity index (χ1v) is 7.25. The number of cyclic esters (lactones) is 2. The maximum absolute atomic E-state index is 11.9. The monoisotopic (exact) mass is 244 g/mol. The largest absolute Gasteiger partial charge is 0.393 e. The van der Waals surface area contributed by atoms with Gasteiger partial charge in [-0.2, -0.15) is 0 Å². The molecule has 0 aromatic rings. The van der Waals surface area contributed by atoms with Gasteiger partial charge in [0, 0.05) is 0 Å². The third-order valence-corrected chi connectivity index (χ3v) is 6.23. The quantitative estimate of drug-likeness (QED) is 0.372. The summed E-state index contributed by atoms with van der Waals surface area (Å²) < 4.78 is 4.94. The van der Waals surface area contributed by atoms with Gasteiger partial charge in [-0.1, -0.05) is 11.1 Å². The predicted molar refractivity (Wildman–Crippen MR) is 62.2 cm³/mol. The smallest absolute Gasteiger partial charge is 0.318 e. The summed E-state index contributed by atoms with van der Waals surface area (Å²) in [5.74, 6) is 1.49. The summed E-state index contributed by atoms with van der Waals surface area (Å²) in [6.45, 7) is 0. The van der Waals surface area contributed by atoms with Crippen LogP contribution in [0.25, 0.3) is 0 Å². The van der Waals surface area contributed by atoms with E-state index in [1.807, 2.05) is 0 Å². The molecule has 1 aliphatic heterocycles. The van der Waals surface area contributed by atoms with E-state index in [1.54, 1.807) is 11.1 Å². The summed E-state index contributed by atoms with van der Waals surface area (Å²) in [6.07, 6.45) is 6.15. The fraction of sp³-hybridized carbons (Fsp3) is 0.733. The molecule has 6 aliphatic rings. The van der Waals surface area contributed by atoms with E-state index in [-0.39, 0.29) is 23.8 Å². The second-order valence-corrected chi connectivity index (χ2v) is 6.70. The van der Waals surface area contributed by atoms with Crippen LogP contribution >= 0.6 is 0 Å². The van der Waals surface area contributed by atoms with Crippen molar-refractivity contribution in [2.75, 3.05) is 0 Å². The topological polar surface area (TPSA) is 43.4 Å². The molecule has 5 aliphatic carbocycles. The summed E-state index contributed by atoms with van der Waals surface area (Å²) in [4.78, 5) is 23.9. The molecule has 0 N–H and O–H groups in total. The minimum Gasteiger partial charge on any atom is -0.393 e. The molecule has 0 aromatic heterocycles. The molecule has 6 rings (SSSR count). The lowest BCUT2D eigenvalue weighted by atomic mass is 9.54. The summed E-state index contributed by atoms with van der Waals surface area (Å²) in [5, 5.41) is 0. The highest BCUT2D eigenvalue weighted by molar-refractivity contribution is 5.98. The van der Waals surface area contributed by atoms with Gasteiger partial charge in [0.2, 0.25) is 0 Å². The van der Waals surface area contributed by atoms with Crippen LogP contribution in [-0.4, -0.2) is 11.9 Å². The number of rotatable bonds is 0. The zero-order chi connectivity index (χ0) is 12.0.